The molecule has 1 saturated heterocycles. The Balaban J connectivity index is 1.60. The molecule has 3 unspecified atom stereocenters. The number of ether oxygens (including phenoxy) is 1. The highest BCUT2D eigenvalue weighted by Crippen LogP contribution is 2.37. The standard InChI is InChI=1S/C18H22BrNO/c1-12-20(11-13-5-3-2-4-6-13)18-16-10-15(19)8-7-14(16)9-17(18)21-12/h7-8,10,13,17-18H,1-6,9,11H2/p+1. The van der Waals surface area contributed by atoms with Crippen molar-refractivity contribution in [1.82, 2.24) is 0 Å². The number of hydrogen-bond donors (Lipinski definition) is 1. The second-order valence-corrected chi connectivity index (χ2v) is 7.75. The summed E-state index contributed by atoms with van der Waals surface area (Å²) in [4.78, 5) is 1.49. The predicted octanol–water partition coefficient (Wildman–Crippen LogP) is 3.38. The maximum absolute atomic E-state index is 6.11. The van der Waals surface area contributed by atoms with E-state index in [-0.39, 0.29) is 0 Å². The summed E-state index contributed by atoms with van der Waals surface area (Å²) in [5.74, 6) is 1.82. The molecule has 112 valence electrons. The van der Waals surface area contributed by atoms with E-state index in [0.29, 0.717) is 12.1 Å². The van der Waals surface area contributed by atoms with Crippen LogP contribution >= 0.6 is 15.9 Å². The first kappa shape index (κ1) is 13.8. The minimum atomic E-state index is 0.306. The number of nitrogens with one attached hydrogen (secondary N) is 1. The van der Waals surface area contributed by atoms with Crippen molar-refractivity contribution < 1.29 is 9.64 Å². The van der Waals surface area contributed by atoms with Gasteiger partial charge < -0.3 is 4.74 Å². The topological polar surface area (TPSA) is 13.7 Å². The van der Waals surface area contributed by atoms with E-state index in [1.807, 2.05) is 0 Å². The van der Waals surface area contributed by atoms with E-state index < -0.39 is 0 Å². The zero-order chi connectivity index (χ0) is 14.4. The Kier molecular flexibility index (Phi) is 3.58. The van der Waals surface area contributed by atoms with Gasteiger partial charge in [0.2, 0.25) is 0 Å². The van der Waals surface area contributed by atoms with E-state index in [1.54, 1.807) is 0 Å². The lowest BCUT2D eigenvalue weighted by atomic mass is 9.88. The molecule has 2 aliphatic carbocycles. The van der Waals surface area contributed by atoms with Gasteiger partial charge in [-0.05, 0) is 30.5 Å². The summed E-state index contributed by atoms with van der Waals surface area (Å²) in [7, 11) is 0. The summed E-state index contributed by atoms with van der Waals surface area (Å²) in [6.45, 7) is 5.41. The van der Waals surface area contributed by atoms with Crippen molar-refractivity contribution in [2.24, 2.45) is 5.92 Å². The number of rotatable bonds is 2. The minimum absolute atomic E-state index is 0.306. The first-order valence-electron chi connectivity index (χ1n) is 8.22. The largest absolute Gasteiger partial charge is 0.442 e. The molecular formula is C18H23BrNO+. The third kappa shape index (κ3) is 2.44. The second-order valence-electron chi connectivity index (χ2n) is 6.84. The first-order valence-corrected chi connectivity index (χ1v) is 9.01. The van der Waals surface area contributed by atoms with Crippen LogP contribution in [-0.4, -0.2) is 12.6 Å². The number of hydrogen-bond acceptors (Lipinski definition) is 1. The Bertz CT molecular complexity index is 564. The van der Waals surface area contributed by atoms with Gasteiger partial charge in [-0.25, -0.2) is 0 Å². The number of fused-ring (bicyclic) bond motifs is 3. The quantitative estimate of drug-likeness (QED) is 0.864. The zero-order valence-electron chi connectivity index (χ0n) is 12.4. The molecule has 1 aromatic rings. The summed E-state index contributed by atoms with van der Waals surface area (Å²) in [5, 5.41) is 0. The van der Waals surface area contributed by atoms with Crippen LogP contribution in [0.15, 0.2) is 35.1 Å². The van der Waals surface area contributed by atoms with Crippen LogP contribution < -0.4 is 4.90 Å². The Hall–Kier alpha value is -0.800. The minimum Gasteiger partial charge on any atom is -0.442 e. The molecule has 1 aromatic carbocycles. The molecule has 2 nitrogen and oxygen atoms in total. The average molecular weight is 349 g/mol. The van der Waals surface area contributed by atoms with E-state index in [1.165, 1.54) is 59.1 Å². The molecule has 0 amide bonds. The average Bonchev–Trinajstić information content (AvgIpc) is 2.97. The van der Waals surface area contributed by atoms with Gasteiger partial charge in [0.25, 0.3) is 5.88 Å². The van der Waals surface area contributed by atoms with Gasteiger partial charge in [-0.3, -0.25) is 4.90 Å². The summed E-state index contributed by atoms with van der Waals surface area (Å²) < 4.78 is 7.29. The molecule has 0 aromatic heterocycles. The van der Waals surface area contributed by atoms with Crippen molar-refractivity contribution >= 4 is 15.9 Å². The third-order valence-corrected chi connectivity index (χ3v) is 5.99. The van der Waals surface area contributed by atoms with Gasteiger partial charge in [-0.15, -0.1) is 0 Å². The Morgan fingerprint density at radius 2 is 2.05 bits per heavy atom. The summed E-state index contributed by atoms with van der Waals surface area (Å²) >= 11 is 3.62. The normalized spacial score (nSPS) is 31.9. The fourth-order valence-electron chi connectivity index (χ4n) is 4.47. The molecule has 3 aliphatic rings. The molecule has 4 rings (SSSR count). The summed E-state index contributed by atoms with van der Waals surface area (Å²) in [6.07, 6.45) is 8.36. The lowest BCUT2D eigenvalue weighted by Gasteiger charge is -2.26. The summed E-state index contributed by atoms with van der Waals surface area (Å²) in [6, 6.07) is 7.16. The molecule has 0 spiro atoms. The molecule has 1 saturated carbocycles. The Morgan fingerprint density at radius 1 is 1.24 bits per heavy atom. The zero-order valence-corrected chi connectivity index (χ0v) is 14.0. The van der Waals surface area contributed by atoms with Gasteiger partial charge >= 0.3 is 0 Å². The van der Waals surface area contributed by atoms with Gasteiger partial charge in [0.1, 0.15) is 0 Å². The molecule has 1 aliphatic heterocycles. The van der Waals surface area contributed by atoms with Crippen molar-refractivity contribution in [2.75, 3.05) is 6.54 Å². The lowest BCUT2D eigenvalue weighted by molar-refractivity contribution is -0.891. The third-order valence-electron chi connectivity index (χ3n) is 5.50. The second kappa shape index (κ2) is 5.44. The SMILES string of the molecule is C=C1OC2Cc3ccc(Br)cc3C2[NH+]1CC1CCCCC1. The van der Waals surface area contributed by atoms with Crippen molar-refractivity contribution in [2.45, 2.75) is 50.7 Å². The van der Waals surface area contributed by atoms with Gasteiger partial charge in [0.05, 0.1) is 6.54 Å². The van der Waals surface area contributed by atoms with Crippen molar-refractivity contribution in [1.29, 1.82) is 0 Å². The fourth-order valence-corrected chi connectivity index (χ4v) is 4.85. The Labute approximate surface area is 135 Å². The maximum atomic E-state index is 6.11. The molecule has 0 bridgehead atoms. The number of halogens is 1. The molecule has 1 heterocycles. The molecule has 3 atom stereocenters. The number of quaternary nitrogens is 1. The number of benzene rings is 1. The van der Waals surface area contributed by atoms with Crippen LogP contribution in [0.1, 0.15) is 49.3 Å². The lowest BCUT2D eigenvalue weighted by Crippen LogP contribution is -3.09. The van der Waals surface area contributed by atoms with Crippen LogP contribution in [0.4, 0.5) is 0 Å². The maximum Gasteiger partial charge on any atom is 0.283 e. The van der Waals surface area contributed by atoms with E-state index in [2.05, 4.69) is 40.7 Å². The van der Waals surface area contributed by atoms with E-state index >= 15 is 0 Å². The van der Waals surface area contributed by atoms with Crippen molar-refractivity contribution in [3.05, 3.63) is 46.3 Å². The fraction of sp³-hybridized carbons (Fsp3) is 0.556. The van der Waals surface area contributed by atoms with Gasteiger partial charge in [-0.2, -0.15) is 0 Å². The van der Waals surface area contributed by atoms with E-state index in [4.69, 9.17) is 4.74 Å². The highest BCUT2D eigenvalue weighted by atomic mass is 79.9. The van der Waals surface area contributed by atoms with Crippen LogP contribution in [0.2, 0.25) is 0 Å². The monoisotopic (exact) mass is 348 g/mol. The molecule has 2 fully saturated rings. The van der Waals surface area contributed by atoms with Crippen LogP contribution in [0, 0.1) is 5.92 Å². The Morgan fingerprint density at radius 3 is 2.86 bits per heavy atom. The smallest absolute Gasteiger partial charge is 0.283 e. The van der Waals surface area contributed by atoms with Crippen LogP contribution in [0.3, 0.4) is 0 Å². The highest BCUT2D eigenvalue weighted by Gasteiger charge is 2.49. The summed E-state index contributed by atoms with van der Waals surface area (Å²) in [5.41, 5.74) is 2.93. The first-order chi connectivity index (χ1) is 10.2. The van der Waals surface area contributed by atoms with Crippen LogP contribution in [0.5, 0.6) is 0 Å². The van der Waals surface area contributed by atoms with Crippen LogP contribution in [-0.2, 0) is 11.2 Å². The van der Waals surface area contributed by atoms with E-state index in [0.717, 1.165) is 18.2 Å². The molecular weight excluding hydrogens is 326 g/mol. The van der Waals surface area contributed by atoms with Gasteiger partial charge in [0.15, 0.2) is 12.1 Å². The van der Waals surface area contributed by atoms with Crippen molar-refractivity contribution in [3.8, 4) is 0 Å². The molecule has 0 radical (unpaired) electrons. The van der Waals surface area contributed by atoms with Crippen molar-refractivity contribution in [3.63, 3.8) is 0 Å². The van der Waals surface area contributed by atoms with Gasteiger partial charge in [-0.1, -0.05) is 41.3 Å². The molecule has 21 heavy (non-hydrogen) atoms. The van der Waals surface area contributed by atoms with E-state index in [9.17, 15) is 0 Å². The van der Waals surface area contributed by atoms with Gasteiger partial charge in [0, 0.05) is 29.0 Å². The van der Waals surface area contributed by atoms with Crippen LogP contribution in [0.25, 0.3) is 0 Å². The predicted molar refractivity (Wildman–Crippen MR) is 87.0 cm³/mol. The molecule has 3 heteroatoms. The highest BCUT2D eigenvalue weighted by molar-refractivity contribution is 9.10. The molecule has 1 N–H and O–H groups in total.